The van der Waals surface area contributed by atoms with E-state index >= 15 is 0 Å². The van der Waals surface area contributed by atoms with Crippen LogP contribution in [-0.2, 0) is 18.5 Å². The van der Waals surface area contributed by atoms with Crippen LogP contribution >= 0.6 is 0 Å². The zero-order valence-electron chi connectivity index (χ0n) is 18.5. The van der Waals surface area contributed by atoms with E-state index in [1.807, 2.05) is 60.5 Å². The van der Waals surface area contributed by atoms with Gasteiger partial charge in [0.15, 0.2) is 5.69 Å². The van der Waals surface area contributed by atoms with Gasteiger partial charge in [-0.1, -0.05) is 48.5 Å². The highest BCUT2D eigenvalue weighted by Crippen LogP contribution is 2.50. The van der Waals surface area contributed by atoms with Crippen molar-refractivity contribution in [3.8, 4) is 0 Å². The number of para-hydroxylation sites is 1. The maximum Gasteiger partial charge on any atom is 0.275 e. The molecule has 2 aromatic carbocycles. The van der Waals surface area contributed by atoms with Crippen molar-refractivity contribution in [1.82, 2.24) is 25.0 Å². The molecule has 6 rings (SSSR count). The van der Waals surface area contributed by atoms with Gasteiger partial charge in [0.05, 0.1) is 12.1 Å². The molecule has 2 aromatic heterocycles. The van der Waals surface area contributed by atoms with Crippen LogP contribution in [0, 0.1) is 0 Å². The molecule has 3 heterocycles. The fourth-order valence-corrected chi connectivity index (χ4v) is 5.04. The lowest BCUT2D eigenvalue weighted by Crippen LogP contribution is -2.39. The van der Waals surface area contributed by atoms with Gasteiger partial charge in [-0.25, -0.2) is 0 Å². The van der Waals surface area contributed by atoms with Gasteiger partial charge in [-0.2, -0.15) is 5.10 Å². The Hall–Kier alpha value is -3.87. The van der Waals surface area contributed by atoms with Crippen molar-refractivity contribution < 1.29 is 9.59 Å². The number of hydrogen-bond acceptors (Lipinski definition) is 3. The van der Waals surface area contributed by atoms with E-state index in [4.69, 9.17) is 0 Å². The third-order valence-electron chi connectivity index (χ3n) is 7.17. The number of nitrogens with one attached hydrogen (secondary N) is 2. The third kappa shape index (κ3) is 3.15. The first-order valence-electron chi connectivity index (χ1n) is 11.3. The zero-order valence-corrected chi connectivity index (χ0v) is 18.5. The fraction of sp³-hybridized carbons (Fsp3) is 0.269. The minimum Gasteiger partial charge on any atom is -0.351 e. The Morgan fingerprint density at radius 1 is 1.06 bits per heavy atom. The number of carbonyl (C=O) groups excluding carboxylic acids is 2. The summed E-state index contributed by atoms with van der Waals surface area (Å²) in [6.07, 6.45) is 2.53. The van der Waals surface area contributed by atoms with Gasteiger partial charge in [-0.3, -0.25) is 14.7 Å². The predicted molar refractivity (Wildman–Crippen MR) is 125 cm³/mol. The molecular formula is C26H25N5O2. The van der Waals surface area contributed by atoms with E-state index in [1.54, 1.807) is 4.90 Å². The molecule has 1 aliphatic carbocycles. The summed E-state index contributed by atoms with van der Waals surface area (Å²) in [7, 11) is 1.86. The van der Waals surface area contributed by atoms with E-state index in [0.717, 1.165) is 40.6 Å². The Kier molecular flexibility index (Phi) is 4.40. The molecule has 2 aliphatic rings. The smallest absolute Gasteiger partial charge is 0.275 e. The number of aromatic nitrogens is 3. The summed E-state index contributed by atoms with van der Waals surface area (Å²) in [6, 6.07) is 19.9. The summed E-state index contributed by atoms with van der Waals surface area (Å²) < 4.78 is 0. The van der Waals surface area contributed by atoms with Crippen LogP contribution in [0.2, 0.25) is 0 Å². The van der Waals surface area contributed by atoms with E-state index in [0.29, 0.717) is 30.9 Å². The van der Waals surface area contributed by atoms with Crippen LogP contribution < -0.4 is 0 Å². The van der Waals surface area contributed by atoms with Gasteiger partial charge < -0.3 is 14.8 Å². The van der Waals surface area contributed by atoms with Gasteiger partial charge >= 0.3 is 0 Å². The Morgan fingerprint density at radius 2 is 1.82 bits per heavy atom. The van der Waals surface area contributed by atoms with Crippen LogP contribution in [0.4, 0.5) is 0 Å². The standard InChI is InChI=1S/C26H25N5O2/c1-30(26(12-13-26)18-8-3-2-4-9-18)25(33)23-19-16-31(14-11-21(19)28-29-23)24(32)22-15-17-7-5-6-10-20(17)27-22/h2-10,15,27H,11-14,16H2,1H3,(H,28,29). The Bertz CT molecular complexity index is 1330. The molecule has 1 aliphatic heterocycles. The number of H-pyrrole nitrogens is 2. The van der Waals surface area contributed by atoms with Crippen molar-refractivity contribution in [2.75, 3.05) is 13.6 Å². The zero-order chi connectivity index (χ0) is 22.6. The minimum atomic E-state index is -0.265. The van der Waals surface area contributed by atoms with Crippen LogP contribution in [0.5, 0.6) is 0 Å². The lowest BCUT2D eigenvalue weighted by Gasteiger charge is -2.30. The fourth-order valence-electron chi connectivity index (χ4n) is 5.04. The highest BCUT2D eigenvalue weighted by atomic mass is 16.2. The van der Waals surface area contributed by atoms with Crippen LogP contribution in [-0.4, -0.2) is 50.4 Å². The summed E-state index contributed by atoms with van der Waals surface area (Å²) in [5.41, 5.74) is 4.58. The molecule has 1 saturated carbocycles. The quantitative estimate of drug-likeness (QED) is 0.507. The molecule has 0 bridgehead atoms. The van der Waals surface area contributed by atoms with Crippen molar-refractivity contribution in [2.45, 2.75) is 31.3 Å². The van der Waals surface area contributed by atoms with Crippen molar-refractivity contribution >= 4 is 22.7 Å². The summed E-state index contributed by atoms with van der Waals surface area (Å²) in [5.74, 6) is -0.165. The van der Waals surface area contributed by atoms with Crippen LogP contribution in [0.15, 0.2) is 60.7 Å². The van der Waals surface area contributed by atoms with E-state index in [9.17, 15) is 9.59 Å². The molecule has 2 N–H and O–H groups in total. The second-order valence-electron chi connectivity index (χ2n) is 9.04. The summed E-state index contributed by atoms with van der Waals surface area (Å²) in [5, 5.41) is 8.45. The van der Waals surface area contributed by atoms with E-state index in [-0.39, 0.29) is 17.4 Å². The van der Waals surface area contributed by atoms with Crippen molar-refractivity contribution in [3.05, 3.63) is 88.9 Å². The Labute approximate surface area is 191 Å². The number of nitrogens with zero attached hydrogens (tertiary/aromatic N) is 3. The van der Waals surface area contributed by atoms with Crippen LogP contribution in [0.3, 0.4) is 0 Å². The number of hydrogen-bond donors (Lipinski definition) is 2. The molecule has 2 amide bonds. The monoisotopic (exact) mass is 439 g/mol. The second kappa shape index (κ2) is 7.33. The third-order valence-corrected chi connectivity index (χ3v) is 7.17. The number of carbonyl (C=O) groups is 2. The molecular weight excluding hydrogens is 414 g/mol. The van der Waals surface area contributed by atoms with E-state index < -0.39 is 0 Å². The molecule has 0 saturated heterocycles. The van der Waals surface area contributed by atoms with E-state index in [1.165, 1.54) is 0 Å². The van der Waals surface area contributed by atoms with Gasteiger partial charge in [-0.05, 0) is 30.5 Å². The van der Waals surface area contributed by atoms with Gasteiger partial charge in [-0.15, -0.1) is 0 Å². The molecule has 7 heteroatoms. The summed E-state index contributed by atoms with van der Waals surface area (Å²) in [4.78, 5) is 33.6. The molecule has 166 valence electrons. The number of aromatic amines is 2. The first-order valence-corrected chi connectivity index (χ1v) is 11.3. The normalized spacial score (nSPS) is 16.5. The lowest BCUT2D eigenvalue weighted by atomic mass is 10.0. The van der Waals surface area contributed by atoms with Crippen LogP contribution in [0.1, 0.15) is 50.6 Å². The van der Waals surface area contributed by atoms with Gasteiger partial charge in [0.2, 0.25) is 0 Å². The van der Waals surface area contributed by atoms with Crippen LogP contribution in [0.25, 0.3) is 10.9 Å². The molecule has 0 radical (unpaired) electrons. The van der Waals surface area contributed by atoms with Gasteiger partial charge in [0, 0.05) is 42.2 Å². The molecule has 0 unspecified atom stereocenters. The van der Waals surface area contributed by atoms with Crippen molar-refractivity contribution in [2.24, 2.45) is 0 Å². The molecule has 0 atom stereocenters. The highest BCUT2D eigenvalue weighted by Gasteiger charge is 2.50. The minimum absolute atomic E-state index is 0.0623. The van der Waals surface area contributed by atoms with E-state index in [2.05, 4.69) is 27.3 Å². The number of amides is 2. The maximum atomic E-state index is 13.5. The Balaban J connectivity index is 1.26. The average molecular weight is 440 g/mol. The summed E-state index contributed by atoms with van der Waals surface area (Å²) >= 11 is 0. The average Bonchev–Trinajstić information content (AvgIpc) is 3.38. The highest BCUT2D eigenvalue weighted by molar-refractivity contribution is 5.99. The second-order valence-corrected chi connectivity index (χ2v) is 9.04. The van der Waals surface area contributed by atoms with Crippen molar-refractivity contribution in [1.29, 1.82) is 0 Å². The number of benzene rings is 2. The summed E-state index contributed by atoms with van der Waals surface area (Å²) in [6.45, 7) is 0.952. The topological polar surface area (TPSA) is 85.1 Å². The number of rotatable bonds is 4. The predicted octanol–water partition coefficient (Wildman–Crippen LogP) is 3.85. The lowest BCUT2D eigenvalue weighted by molar-refractivity contribution is 0.0681. The largest absolute Gasteiger partial charge is 0.351 e. The van der Waals surface area contributed by atoms with Gasteiger partial charge in [0.1, 0.15) is 5.69 Å². The maximum absolute atomic E-state index is 13.5. The molecule has 0 spiro atoms. The van der Waals surface area contributed by atoms with Crippen molar-refractivity contribution in [3.63, 3.8) is 0 Å². The molecule has 7 nitrogen and oxygen atoms in total. The molecule has 1 fully saturated rings. The Morgan fingerprint density at radius 3 is 2.58 bits per heavy atom. The van der Waals surface area contributed by atoms with Gasteiger partial charge in [0.25, 0.3) is 11.8 Å². The number of fused-ring (bicyclic) bond motifs is 2. The molecule has 4 aromatic rings. The first kappa shape index (κ1) is 19.8. The first-order chi connectivity index (χ1) is 16.1. The SMILES string of the molecule is CN(C(=O)c1n[nH]c2c1CN(C(=O)c1cc3ccccc3[nH]1)CC2)C1(c2ccccc2)CC1. The molecule has 33 heavy (non-hydrogen) atoms.